The Bertz CT molecular complexity index is 260. The van der Waals surface area contributed by atoms with Crippen LogP contribution in [0, 0.1) is 0 Å². The number of aryl methyl sites for hydroxylation is 2. The van der Waals surface area contributed by atoms with Gasteiger partial charge in [0.15, 0.2) is 0 Å². The third-order valence-electron chi connectivity index (χ3n) is 2.56. The second-order valence-corrected chi connectivity index (χ2v) is 3.99. The summed E-state index contributed by atoms with van der Waals surface area (Å²) in [6.45, 7) is 9.42. The summed E-state index contributed by atoms with van der Waals surface area (Å²) in [5.74, 6) is 0. The molecule has 0 unspecified atom stereocenters. The number of imidazole rings is 1. The van der Waals surface area contributed by atoms with Gasteiger partial charge in [0.1, 0.15) is 12.4 Å². The lowest BCUT2D eigenvalue weighted by Gasteiger charge is -1.99. The van der Waals surface area contributed by atoms with Crippen LogP contribution in [0.5, 0.6) is 0 Å². The van der Waals surface area contributed by atoms with Gasteiger partial charge in [-0.2, -0.15) is 0 Å². The maximum absolute atomic E-state index is 5.32. The smallest absolute Gasteiger partial charge is 0.243 e. The summed E-state index contributed by atoms with van der Waals surface area (Å²) in [7, 11) is 0. The zero-order chi connectivity index (χ0) is 12.3. The molecule has 0 saturated heterocycles. The molecule has 0 fully saturated rings. The Hall–Kier alpha value is -0.870. The predicted octanol–water partition coefficient (Wildman–Crippen LogP) is 1.63. The van der Waals surface area contributed by atoms with E-state index in [2.05, 4.69) is 27.9 Å². The molecule has 1 rings (SSSR count). The van der Waals surface area contributed by atoms with E-state index < -0.39 is 0 Å². The molecule has 0 saturated carbocycles. The van der Waals surface area contributed by atoms with E-state index in [1.54, 1.807) is 0 Å². The number of ether oxygens (including phenoxy) is 2. The summed E-state index contributed by atoms with van der Waals surface area (Å²) in [5, 5.41) is 0. The van der Waals surface area contributed by atoms with Crippen LogP contribution in [-0.4, -0.2) is 31.0 Å². The van der Waals surface area contributed by atoms with Gasteiger partial charge in [-0.05, 0) is 13.8 Å². The molecule has 1 heterocycles. The Morgan fingerprint density at radius 3 is 2.47 bits per heavy atom. The minimum Gasteiger partial charge on any atom is -0.382 e. The number of rotatable bonds is 10. The van der Waals surface area contributed by atoms with Crippen molar-refractivity contribution in [1.82, 2.24) is 4.57 Å². The van der Waals surface area contributed by atoms with Gasteiger partial charge in [-0.25, -0.2) is 9.13 Å². The van der Waals surface area contributed by atoms with Crippen LogP contribution in [0.15, 0.2) is 18.7 Å². The first-order valence-corrected chi connectivity index (χ1v) is 6.57. The molecule has 1 aromatic heterocycles. The lowest BCUT2D eigenvalue weighted by Crippen LogP contribution is -2.31. The van der Waals surface area contributed by atoms with E-state index in [4.69, 9.17) is 9.47 Å². The fourth-order valence-corrected chi connectivity index (χ4v) is 1.69. The topological polar surface area (TPSA) is 27.3 Å². The Labute approximate surface area is 104 Å². The van der Waals surface area contributed by atoms with Crippen LogP contribution in [0.4, 0.5) is 0 Å². The van der Waals surface area contributed by atoms with Gasteiger partial charge < -0.3 is 9.47 Å². The first-order chi connectivity index (χ1) is 8.36. The second-order valence-electron chi connectivity index (χ2n) is 3.99. The molecule has 0 bridgehead atoms. The molecular formula is C13H25N2O2+. The number of hydrogen-bond acceptors (Lipinski definition) is 2. The van der Waals surface area contributed by atoms with Gasteiger partial charge in [0.05, 0.1) is 26.3 Å². The summed E-state index contributed by atoms with van der Waals surface area (Å²) in [6.07, 6.45) is 8.53. The van der Waals surface area contributed by atoms with Crippen molar-refractivity contribution >= 4 is 0 Å². The molecule has 4 heteroatoms. The van der Waals surface area contributed by atoms with Crippen molar-refractivity contribution in [3.05, 3.63) is 18.7 Å². The van der Waals surface area contributed by atoms with Gasteiger partial charge >= 0.3 is 0 Å². The third kappa shape index (κ3) is 6.44. The number of aromatic nitrogens is 2. The zero-order valence-corrected chi connectivity index (χ0v) is 11.1. The lowest BCUT2D eigenvalue weighted by atomic mass is 10.4. The van der Waals surface area contributed by atoms with Crippen LogP contribution in [0.1, 0.15) is 26.7 Å². The molecular weight excluding hydrogens is 216 g/mol. The molecule has 4 nitrogen and oxygen atoms in total. The highest BCUT2D eigenvalue weighted by Crippen LogP contribution is 1.91. The molecule has 17 heavy (non-hydrogen) atoms. The molecule has 0 aliphatic carbocycles. The Morgan fingerprint density at radius 2 is 1.76 bits per heavy atom. The van der Waals surface area contributed by atoms with Crippen molar-refractivity contribution < 1.29 is 14.0 Å². The fraction of sp³-hybridized carbons (Fsp3) is 0.769. The normalized spacial score (nSPS) is 10.9. The lowest BCUT2D eigenvalue weighted by molar-refractivity contribution is -0.697. The van der Waals surface area contributed by atoms with Gasteiger partial charge in [0, 0.05) is 26.1 Å². The van der Waals surface area contributed by atoms with E-state index in [1.807, 2.05) is 13.8 Å². The van der Waals surface area contributed by atoms with E-state index in [0.29, 0.717) is 0 Å². The van der Waals surface area contributed by atoms with Gasteiger partial charge in [-0.3, -0.25) is 0 Å². The van der Waals surface area contributed by atoms with E-state index in [-0.39, 0.29) is 0 Å². The molecule has 0 aliphatic heterocycles. The van der Waals surface area contributed by atoms with Gasteiger partial charge in [-0.15, -0.1) is 0 Å². The summed E-state index contributed by atoms with van der Waals surface area (Å²) in [6, 6.07) is 0. The largest absolute Gasteiger partial charge is 0.382 e. The molecule has 0 aliphatic rings. The molecule has 98 valence electrons. The van der Waals surface area contributed by atoms with Crippen molar-refractivity contribution in [2.75, 3.05) is 26.4 Å². The average Bonchev–Trinajstić information content (AvgIpc) is 2.78. The molecule has 0 spiro atoms. The van der Waals surface area contributed by atoms with Crippen LogP contribution in [-0.2, 0) is 22.6 Å². The van der Waals surface area contributed by atoms with E-state index in [9.17, 15) is 0 Å². The van der Waals surface area contributed by atoms with Crippen molar-refractivity contribution in [2.45, 2.75) is 39.8 Å². The zero-order valence-electron chi connectivity index (χ0n) is 11.1. The van der Waals surface area contributed by atoms with Gasteiger partial charge in [0.25, 0.3) is 0 Å². The molecule has 0 atom stereocenters. The molecule has 0 radical (unpaired) electrons. The maximum Gasteiger partial charge on any atom is 0.243 e. The highest BCUT2D eigenvalue weighted by atomic mass is 16.5. The quantitative estimate of drug-likeness (QED) is 0.460. The van der Waals surface area contributed by atoms with Crippen molar-refractivity contribution in [3.8, 4) is 0 Å². The third-order valence-corrected chi connectivity index (χ3v) is 2.56. The minimum atomic E-state index is 0.809. The fourth-order valence-electron chi connectivity index (χ4n) is 1.69. The standard InChI is InChI=1S/C13H25N2O2/c1-3-16-11-5-7-14-9-10-15(13-14)8-6-12-17-4-2/h9-10,13H,3-8,11-12H2,1-2H3/q+1. The first-order valence-electron chi connectivity index (χ1n) is 6.57. The summed E-state index contributed by atoms with van der Waals surface area (Å²) in [5.41, 5.74) is 0. The molecule has 0 aromatic carbocycles. The maximum atomic E-state index is 5.32. The van der Waals surface area contributed by atoms with Crippen molar-refractivity contribution in [2.24, 2.45) is 0 Å². The van der Waals surface area contributed by atoms with Gasteiger partial charge in [-0.1, -0.05) is 0 Å². The molecule has 0 N–H and O–H groups in total. The summed E-state index contributed by atoms with van der Waals surface area (Å²) >= 11 is 0. The van der Waals surface area contributed by atoms with Crippen LogP contribution >= 0.6 is 0 Å². The Kier molecular flexibility index (Phi) is 7.67. The van der Waals surface area contributed by atoms with Crippen LogP contribution in [0.3, 0.4) is 0 Å². The van der Waals surface area contributed by atoms with Crippen LogP contribution in [0.2, 0.25) is 0 Å². The first kappa shape index (κ1) is 14.2. The van der Waals surface area contributed by atoms with Crippen molar-refractivity contribution in [3.63, 3.8) is 0 Å². The SMILES string of the molecule is CCOCCCn1cc[n+](CCCOCC)c1. The summed E-state index contributed by atoms with van der Waals surface area (Å²) in [4.78, 5) is 0. The highest BCUT2D eigenvalue weighted by molar-refractivity contribution is 4.65. The molecule has 0 amide bonds. The van der Waals surface area contributed by atoms with Crippen molar-refractivity contribution in [1.29, 1.82) is 0 Å². The minimum absolute atomic E-state index is 0.809. The predicted molar refractivity (Wildman–Crippen MR) is 66.8 cm³/mol. The van der Waals surface area contributed by atoms with Crippen LogP contribution < -0.4 is 4.57 Å². The second kappa shape index (κ2) is 9.19. The Morgan fingerprint density at radius 1 is 1.06 bits per heavy atom. The number of hydrogen-bond donors (Lipinski definition) is 0. The van der Waals surface area contributed by atoms with Gasteiger partial charge in [0.2, 0.25) is 6.33 Å². The summed E-state index contributed by atoms with van der Waals surface area (Å²) < 4.78 is 15.1. The van der Waals surface area contributed by atoms with E-state index in [0.717, 1.165) is 52.4 Å². The van der Waals surface area contributed by atoms with Crippen LogP contribution in [0.25, 0.3) is 0 Å². The van der Waals surface area contributed by atoms with E-state index >= 15 is 0 Å². The molecule has 1 aromatic rings. The van der Waals surface area contributed by atoms with E-state index in [1.165, 1.54) is 0 Å². The highest BCUT2D eigenvalue weighted by Gasteiger charge is 2.02. The Balaban J connectivity index is 2.14. The monoisotopic (exact) mass is 241 g/mol. The number of nitrogens with zero attached hydrogens (tertiary/aromatic N) is 2. The average molecular weight is 241 g/mol.